The van der Waals surface area contributed by atoms with E-state index >= 15 is 0 Å². The van der Waals surface area contributed by atoms with E-state index in [0.717, 1.165) is 19.5 Å². The molecule has 2 aromatic heterocycles. The third-order valence-electron chi connectivity index (χ3n) is 4.92. The van der Waals surface area contributed by atoms with Crippen molar-refractivity contribution in [3.63, 3.8) is 0 Å². The van der Waals surface area contributed by atoms with Crippen LogP contribution < -0.4 is 26.6 Å². The van der Waals surface area contributed by atoms with E-state index in [9.17, 15) is 39.6 Å². The van der Waals surface area contributed by atoms with E-state index in [1.807, 2.05) is 0 Å². The van der Waals surface area contributed by atoms with Crippen LogP contribution in [0.25, 0.3) is 10.9 Å². The first kappa shape index (κ1) is 33.7. The predicted molar refractivity (Wildman–Crippen MR) is 134 cm³/mol. The quantitative estimate of drug-likeness (QED) is 0.200. The van der Waals surface area contributed by atoms with Gasteiger partial charge in [0.25, 0.3) is 5.56 Å². The van der Waals surface area contributed by atoms with E-state index in [1.54, 1.807) is 18.2 Å². The van der Waals surface area contributed by atoms with E-state index in [1.165, 1.54) is 18.3 Å². The van der Waals surface area contributed by atoms with Gasteiger partial charge in [0.1, 0.15) is 11.2 Å². The van der Waals surface area contributed by atoms with E-state index < -0.39 is 34.3 Å². The minimum absolute atomic E-state index is 0.0415. The van der Waals surface area contributed by atoms with E-state index in [0.29, 0.717) is 17.2 Å². The van der Waals surface area contributed by atoms with Crippen molar-refractivity contribution in [3.05, 3.63) is 46.9 Å². The second kappa shape index (κ2) is 13.4. The molecule has 0 spiro atoms. The summed E-state index contributed by atoms with van der Waals surface area (Å²) in [4.78, 5) is 41.6. The van der Waals surface area contributed by atoms with Gasteiger partial charge in [0, 0.05) is 24.5 Å². The monoisotopic (exact) mass is 629 g/mol. The Morgan fingerprint density at radius 3 is 2.12 bits per heavy atom. The summed E-state index contributed by atoms with van der Waals surface area (Å²) >= 11 is 0. The summed E-state index contributed by atoms with van der Waals surface area (Å²) in [5.74, 6) is -4.86. The molecule has 0 saturated carbocycles. The number of aromatic nitrogens is 3. The molecule has 42 heavy (non-hydrogen) atoms. The smallest absolute Gasteiger partial charge is 0.475 e. The number of hydrogen-bond acceptors (Lipinski definition) is 10. The Bertz CT molecular complexity index is 1570. The molecule has 1 aliphatic heterocycles. The molecule has 1 fully saturated rings. The first-order valence-electron chi connectivity index (χ1n) is 11.2. The summed E-state index contributed by atoms with van der Waals surface area (Å²) < 4.78 is 86.7. The van der Waals surface area contributed by atoms with Crippen LogP contribution in [0.15, 0.2) is 46.2 Å². The van der Waals surface area contributed by atoms with Crippen molar-refractivity contribution in [2.45, 2.75) is 29.7 Å². The topological polar surface area (TPSA) is 229 Å². The third kappa shape index (κ3) is 10.2. The highest BCUT2D eigenvalue weighted by atomic mass is 32.2. The third-order valence-corrected chi connectivity index (χ3v) is 5.83. The minimum Gasteiger partial charge on any atom is -0.475 e. The molecule has 1 saturated heterocycles. The van der Waals surface area contributed by atoms with Crippen molar-refractivity contribution < 1.29 is 54.6 Å². The number of nitrogens with zero attached hydrogens (tertiary/aromatic N) is 2. The van der Waals surface area contributed by atoms with E-state index in [4.69, 9.17) is 24.9 Å². The average Bonchev–Trinajstić information content (AvgIpc) is 3.36. The molecule has 0 amide bonds. The summed E-state index contributed by atoms with van der Waals surface area (Å²) in [6.45, 7) is 1.71. The number of carboxylic acids is 2. The zero-order valence-corrected chi connectivity index (χ0v) is 21.6. The number of H-pyrrole nitrogens is 1. The van der Waals surface area contributed by atoms with Gasteiger partial charge >= 0.3 is 24.3 Å². The number of fused-ring (bicyclic) bond motifs is 1. The van der Waals surface area contributed by atoms with Crippen LogP contribution in [0.2, 0.25) is 0 Å². The number of halogens is 6. The summed E-state index contributed by atoms with van der Waals surface area (Å²) in [6, 6.07) is 7.87. The van der Waals surface area contributed by atoms with E-state index in [-0.39, 0.29) is 27.7 Å². The summed E-state index contributed by atoms with van der Waals surface area (Å²) in [5.41, 5.74) is 0.553. The highest BCUT2D eigenvalue weighted by molar-refractivity contribution is 7.89. The number of pyridine rings is 1. The van der Waals surface area contributed by atoms with Gasteiger partial charge in [-0.2, -0.15) is 31.3 Å². The standard InChI is InChI=1S/C17H19N7O3S.2C2HF3O2/c18-28(26,27)12-3-1-2-10(8-12)21-15-14-13(5-7-20-16(14)25)23-17(24-15)22-11-4-6-19-9-11;2*3-2(4,5)1(6)7/h1-3,5,7-8,11,19H,4,6,9H2,(H,20,25)(H2,18,26,27)(H2,21,22,23,24);2*(H,6,7)/t11-;;/m1../s1. The number of carboxylic acid groups (broad SMARTS) is 2. The lowest BCUT2D eigenvalue weighted by atomic mass is 10.2. The summed E-state index contributed by atoms with van der Waals surface area (Å²) in [6.07, 6.45) is -7.71. The van der Waals surface area contributed by atoms with Crippen LogP contribution in [-0.4, -0.2) is 77.0 Å². The molecule has 4 rings (SSSR count). The van der Waals surface area contributed by atoms with Crippen molar-refractivity contribution in [3.8, 4) is 0 Å². The fourth-order valence-electron chi connectivity index (χ4n) is 3.09. The maximum absolute atomic E-state index is 12.3. The molecule has 0 unspecified atom stereocenters. The number of sulfonamides is 1. The van der Waals surface area contributed by atoms with Crippen molar-refractivity contribution in [2.24, 2.45) is 5.14 Å². The maximum Gasteiger partial charge on any atom is 0.490 e. The largest absolute Gasteiger partial charge is 0.490 e. The van der Waals surface area contributed by atoms with Gasteiger partial charge in [-0.05, 0) is 37.2 Å². The van der Waals surface area contributed by atoms with Gasteiger partial charge in [-0.3, -0.25) is 4.79 Å². The number of hydrogen-bond donors (Lipinski definition) is 7. The van der Waals surface area contributed by atoms with Crippen LogP contribution >= 0.6 is 0 Å². The van der Waals surface area contributed by atoms with E-state index in [2.05, 4.69) is 30.9 Å². The van der Waals surface area contributed by atoms with Gasteiger partial charge in [-0.25, -0.2) is 28.1 Å². The van der Waals surface area contributed by atoms with Crippen LogP contribution in [0.4, 0.5) is 43.8 Å². The van der Waals surface area contributed by atoms with Crippen LogP contribution in [0, 0.1) is 0 Å². The highest BCUT2D eigenvalue weighted by Gasteiger charge is 2.38. The molecule has 0 radical (unpaired) electrons. The molecular weight excluding hydrogens is 608 g/mol. The first-order chi connectivity index (χ1) is 19.3. The van der Waals surface area contributed by atoms with Crippen molar-refractivity contribution in [2.75, 3.05) is 23.7 Å². The summed E-state index contributed by atoms with van der Waals surface area (Å²) in [5, 5.41) is 29.3. The summed E-state index contributed by atoms with van der Waals surface area (Å²) in [7, 11) is -3.85. The second-order valence-electron chi connectivity index (χ2n) is 8.10. The van der Waals surface area contributed by atoms with Crippen molar-refractivity contribution in [1.82, 2.24) is 20.3 Å². The first-order valence-corrected chi connectivity index (χ1v) is 12.7. The molecule has 3 aromatic rings. The Morgan fingerprint density at radius 1 is 1.02 bits per heavy atom. The number of benzene rings is 1. The number of carbonyl (C=O) groups is 2. The van der Waals surface area contributed by atoms with Gasteiger partial charge in [0.05, 0.1) is 10.4 Å². The maximum atomic E-state index is 12.3. The lowest BCUT2D eigenvalue weighted by Gasteiger charge is -2.14. The average molecular weight is 629 g/mol. The Labute approximate surface area is 231 Å². The molecule has 0 aliphatic carbocycles. The molecule has 1 atom stereocenters. The number of rotatable bonds is 5. The fourth-order valence-corrected chi connectivity index (χ4v) is 3.65. The van der Waals surface area contributed by atoms with Crippen LogP contribution in [0.3, 0.4) is 0 Å². The Morgan fingerprint density at radius 2 is 1.62 bits per heavy atom. The minimum atomic E-state index is -5.08. The lowest BCUT2D eigenvalue weighted by Crippen LogP contribution is -2.24. The van der Waals surface area contributed by atoms with Gasteiger partial charge < -0.3 is 31.1 Å². The zero-order chi connectivity index (χ0) is 31.9. The van der Waals surface area contributed by atoms with Gasteiger partial charge in [-0.15, -0.1) is 0 Å². The Kier molecular flexibility index (Phi) is 10.8. The lowest BCUT2D eigenvalue weighted by molar-refractivity contribution is -0.193. The fraction of sp³-hybridized carbons (Fsp3) is 0.286. The molecule has 1 aliphatic rings. The van der Waals surface area contributed by atoms with Crippen LogP contribution in [0.5, 0.6) is 0 Å². The number of primary sulfonamides is 1. The van der Waals surface area contributed by atoms with Gasteiger partial charge in [-0.1, -0.05) is 6.07 Å². The molecule has 14 nitrogen and oxygen atoms in total. The Balaban J connectivity index is 0.000000367. The predicted octanol–water partition coefficient (Wildman–Crippen LogP) is 1.75. The molecule has 1 aromatic carbocycles. The number of nitrogens with one attached hydrogen (secondary N) is 4. The van der Waals surface area contributed by atoms with Crippen LogP contribution in [-0.2, 0) is 19.6 Å². The number of alkyl halides is 6. The highest BCUT2D eigenvalue weighted by Crippen LogP contribution is 2.24. The molecule has 230 valence electrons. The molecule has 0 bridgehead atoms. The number of aliphatic carboxylic acids is 2. The van der Waals surface area contributed by atoms with Crippen molar-refractivity contribution >= 4 is 50.3 Å². The second-order valence-corrected chi connectivity index (χ2v) is 9.66. The molecule has 21 heteroatoms. The van der Waals surface area contributed by atoms with Crippen molar-refractivity contribution in [1.29, 1.82) is 0 Å². The number of aromatic amines is 1. The number of nitrogens with two attached hydrogens (primary N) is 1. The molecule has 3 heterocycles. The van der Waals surface area contributed by atoms with Gasteiger partial charge in [0.15, 0.2) is 0 Å². The normalized spacial score (nSPS) is 15.1. The van der Waals surface area contributed by atoms with Gasteiger partial charge in [0.2, 0.25) is 16.0 Å². The van der Waals surface area contributed by atoms with Crippen LogP contribution in [0.1, 0.15) is 6.42 Å². The zero-order valence-electron chi connectivity index (χ0n) is 20.7. The Hall–Kier alpha value is -4.50. The molecule has 8 N–H and O–H groups in total. The molecular formula is C21H21F6N7O7S. The SMILES string of the molecule is NS(=O)(=O)c1cccc(Nc2nc(N[C@@H]3CCNC3)nc3cc[nH]c(=O)c23)c1.O=C(O)C(F)(F)F.O=C(O)C(F)(F)F. The number of anilines is 3.